The maximum Gasteiger partial charge on any atom is 0.168 e. The number of alkyl halides is 1. The Kier molecular flexibility index (Phi) is 3.31. The Labute approximate surface area is 94.8 Å². The summed E-state index contributed by atoms with van der Waals surface area (Å²) >= 11 is 6.19. The summed E-state index contributed by atoms with van der Waals surface area (Å²) in [5, 5.41) is 3.55. The third-order valence-electron chi connectivity index (χ3n) is 2.74. The minimum atomic E-state index is 0.205. The van der Waals surface area contributed by atoms with Crippen LogP contribution in [0.1, 0.15) is 19.3 Å². The molecule has 4 heteroatoms. The van der Waals surface area contributed by atoms with E-state index in [1.54, 1.807) is 13.3 Å². The van der Waals surface area contributed by atoms with Gasteiger partial charge >= 0.3 is 0 Å². The number of anilines is 1. The van der Waals surface area contributed by atoms with Crippen LogP contribution in [0.5, 0.6) is 5.75 Å². The first kappa shape index (κ1) is 10.6. The summed E-state index contributed by atoms with van der Waals surface area (Å²) in [5.41, 5.74) is 0. The lowest BCUT2D eigenvalue weighted by Gasteiger charge is -2.17. The second-order valence-corrected chi connectivity index (χ2v) is 4.31. The predicted molar refractivity (Wildman–Crippen MR) is 61.7 cm³/mol. The number of nitrogens with one attached hydrogen (secondary N) is 1. The molecule has 1 aliphatic rings. The fourth-order valence-corrected chi connectivity index (χ4v) is 2.26. The van der Waals surface area contributed by atoms with Crippen LogP contribution in [-0.4, -0.2) is 23.5 Å². The topological polar surface area (TPSA) is 34.1 Å². The van der Waals surface area contributed by atoms with Gasteiger partial charge in [0, 0.05) is 12.2 Å². The molecule has 1 aromatic heterocycles. The van der Waals surface area contributed by atoms with Crippen LogP contribution >= 0.6 is 11.6 Å². The Morgan fingerprint density at radius 2 is 2.40 bits per heavy atom. The monoisotopic (exact) mass is 226 g/mol. The lowest BCUT2D eigenvalue weighted by molar-refractivity contribution is 0.414. The molecule has 2 atom stereocenters. The maximum absolute atomic E-state index is 6.19. The van der Waals surface area contributed by atoms with Crippen LogP contribution in [0.3, 0.4) is 0 Å². The average Bonchev–Trinajstić information content (AvgIpc) is 2.65. The Hall–Kier alpha value is -0.960. The van der Waals surface area contributed by atoms with Crippen LogP contribution in [0, 0.1) is 0 Å². The van der Waals surface area contributed by atoms with Crippen molar-refractivity contribution in [3.63, 3.8) is 0 Å². The van der Waals surface area contributed by atoms with Gasteiger partial charge in [-0.2, -0.15) is 0 Å². The maximum atomic E-state index is 6.19. The highest BCUT2D eigenvalue weighted by molar-refractivity contribution is 6.21. The quantitative estimate of drug-likeness (QED) is 0.805. The van der Waals surface area contributed by atoms with Gasteiger partial charge in [-0.15, -0.1) is 11.6 Å². The highest BCUT2D eigenvalue weighted by atomic mass is 35.5. The molecule has 0 aliphatic heterocycles. The summed E-state index contributed by atoms with van der Waals surface area (Å²) in [6.45, 7) is 0. The minimum Gasteiger partial charge on any atom is -0.493 e. The third kappa shape index (κ3) is 2.34. The standard InChI is InChI=1S/C11H15ClN2O/c1-15-10-6-3-7-13-11(10)14-9-5-2-4-8(9)12/h3,6-9H,2,4-5H2,1H3,(H,13,14). The van der Waals surface area contributed by atoms with Gasteiger partial charge in [-0.05, 0) is 31.4 Å². The van der Waals surface area contributed by atoms with Crippen molar-refractivity contribution >= 4 is 17.4 Å². The lowest BCUT2D eigenvalue weighted by atomic mass is 10.2. The molecule has 1 aromatic rings. The molecule has 1 saturated carbocycles. The zero-order valence-electron chi connectivity index (χ0n) is 8.74. The van der Waals surface area contributed by atoms with Crippen molar-refractivity contribution in [2.45, 2.75) is 30.7 Å². The fraction of sp³-hybridized carbons (Fsp3) is 0.545. The second kappa shape index (κ2) is 4.71. The number of halogens is 1. The molecule has 0 amide bonds. The molecular formula is C11H15ClN2O. The van der Waals surface area contributed by atoms with Gasteiger partial charge in [0.1, 0.15) is 0 Å². The minimum absolute atomic E-state index is 0.205. The van der Waals surface area contributed by atoms with Gasteiger partial charge < -0.3 is 10.1 Å². The van der Waals surface area contributed by atoms with Crippen LogP contribution in [0.4, 0.5) is 5.82 Å². The highest BCUT2D eigenvalue weighted by Crippen LogP contribution is 2.29. The van der Waals surface area contributed by atoms with E-state index in [2.05, 4.69) is 10.3 Å². The van der Waals surface area contributed by atoms with Gasteiger partial charge in [-0.3, -0.25) is 0 Å². The van der Waals surface area contributed by atoms with Gasteiger partial charge in [0.25, 0.3) is 0 Å². The van der Waals surface area contributed by atoms with Crippen molar-refractivity contribution in [2.24, 2.45) is 0 Å². The van der Waals surface area contributed by atoms with Gasteiger partial charge in [-0.1, -0.05) is 0 Å². The fourth-order valence-electron chi connectivity index (χ4n) is 1.92. The second-order valence-electron chi connectivity index (χ2n) is 3.75. The van der Waals surface area contributed by atoms with Gasteiger partial charge in [0.15, 0.2) is 11.6 Å². The molecule has 0 saturated heterocycles. The molecule has 0 spiro atoms. The van der Waals surface area contributed by atoms with E-state index in [4.69, 9.17) is 16.3 Å². The van der Waals surface area contributed by atoms with Crippen molar-refractivity contribution in [1.82, 2.24) is 4.98 Å². The molecule has 0 bridgehead atoms. The first-order valence-electron chi connectivity index (χ1n) is 5.21. The molecule has 82 valence electrons. The van der Waals surface area contributed by atoms with Gasteiger partial charge in [-0.25, -0.2) is 4.98 Å². The van der Waals surface area contributed by atoms with Crippen molar-refractivity contribution in [2.75, 3.05) is 12.4 Å². The van der Waals surface area contributed by atoms with Crippen LogP contribution in [0.15, 0.2) is 18.3 Å². The molecule has 15 heavy (non-hydrogen) atoms. The van der Waals surface area contributed by atoms with Crippen molar-refractivity contribution in [3.8, 4) is 5.75 Å². The summed E-state index contributed by atoms with van der Waals surface area (Å²) in [7, 11) is 1.65. The molecule has 0 aromatic carbocycles. The van der Waals surface area contributed by atoms with E-state index in [-0.39, 0.29) is 5.38 Å². The summed E-state index contributed by atoms with van der Waals surface area (Å²) in [6.07, 6.45) is 5.12. The van der Waals surface area contributed by atoms with Crippen LogP contribution in [0.25, 0.3) is 0 Å². The number of ether oxygens (including phenoxy) is 1. The number of nitrogens with zero attached hydrogens (tertiary/aromatic N) is 1. The van der Waals surface area contributed by atoms with E-state index in [1.165, 1.54) is 6.42 Å². The SMILES string of the molecule is COc1cccnc1NC1CCCC1Cl. The van der Waals surface area contributed by atoms with E-state index >= 15 is 0 Å². The Bertz CT molecular complexity index is 332. The van der Waals surface area contributed by atoms with Crippen LogP contribution in [0.2, 0.25) is 0 Å². The molecule has 1 fully saturated rings. The van der Waals surface area contributed by atoms with Crippen molar-refractivity contribution < 1.29 is 4.74 Å². The zero-order valence-corrected chi connectivity index (χ0v) is 9.50. The molecule has 1 N–H and O–H groups in total. The van der Waals surface area contributed by atoms with E-state index in [9.17, 15) is 0 Å². The third-order valence-corrected chi connectivity index (χ3v) is 3.27. The highest BCUT2D eigenvalue weighted by Gasteiger charge is 2.26. The first-order valence-corrected chi connectivity index (χ1v) is 5.64. The molecule has 1 heterocycles. The summed E-state index contributed by atoms with van der Waals surface area (Å²) < 4.78 is 5.22. The van der Waals surface area contributed by atoms with E-state index in [1.807, 2.05) is 12.1 Å². The predicted octanol–water partition coefficient (Wildman–Crippen LogP) is 2.66. The average molecular weight is 227 g/mol. The number of hydrogen-bond donors (Lipinski definition) is 1. The number of hydrogen-bond acceptors (Lipinski definition) is 3. The largest absolute Gasteiger partial charge is 0.493 e. The van der Waals surface area contributed by atoms with Gasteiger partial charge in [0.05, 0.1) is 12.5 Å². The van der Waals surface area contributed by atoms with E-state index in [0.717, 1.165) is 24.4 Å². The Morgan fingerprint density at radius 1 is 1.53 bits per heavy atom. The van der Waals surface area contributed by atoms with Crippen LogP contribution < -0.4 is 10.1 Å². The van der Waals surface area contributed by atoms with E-state index < -0.39 is 0 Å². The first-order chi connectivity index (χ1) is 7.31. The molecule has 2 rings (SSSR count). The zero-order chi connectivity index (χ0) is 10.7. The smallest absolute Gasteiger partial charge is 0.168 e. The molecular weight excluding hydrogens is 212 g/mol. The van der Waals surface area contributed by atoms with Crippen molar-refractivity contribution in [1.29, 1.82) is 0 Å². The number of rotatable bonds is 3. The summed E-state index contributed by atoms with van der Waals surface area (Å²) in [4.78, 5) is 4.25. The lowest BCUT2D eigenvalue weighted by Crippen LogP contribution is -2.24. The molecule has 2 unspecified atom stereocenters. The number of aromatic nitrogens is 1. The summed E-state index contributed by atoms with van der Waals surface area (Å²) in [6, 6.07) is 4.07. The molecule has 3 nitrogen and oxygen atoms in total. The molecule has 1 aliphatic carbocycles. The molecule has 0 radical (unpaired) electrons. The van der Waals surface area contributed by atoms with Gasteiger partial charge in [0.2, 0.25) is 0 Å². The van der Waals surface area contributed by atoms with E-state index in [0.29, 0.717) is 6.04 Å². The normalized spacial score (nSPS) is 25.2. The summed E-state index contributed by atoms with van der Waals surface area (Å²) in [5.74, 6) is 1.56. The Morgan fingerprint density at radius 3 is 3.07 bits per heavy atom. The number of methoxy groups -OCH3 is 1. The van der Waals surface area contributed by atoms with Crippen molar-refractivity contribution in [3.05, 3.63) is 18.3 Å². The Balaban J connectivity index is 2.09. The van der Waals surface area contributed by atoms with Crippen LogP contribution in [-0.2, 0) is 0 Å². The number of pyridine rings is 1.